The molecule has 1 N–H and O–H groups in total. The third kappa shape index (κ3) is 6.23. The van der Waals surface area contributed by atoms with Gasteiger partial charge >= 0.3 is 12.4 Å². The number of aromatic nitrogens is 2. The van der Waals surface area contributed by atoms with Crippen molar-refractivity contribution in [2.24, 2.45) is 0 Å². The van der Waals surface area contributed by atoms with E-state index in [1.54, 1.807) is 24.3 Å². The summed E-state index contributed by atoms with van der Waals surface area (Å²) in [5.41, 5.74) is -0.994. The van der Waals surface area contributed by atoms with Gasteiger partial charge < -0.3 is 10.1 Å². The highest BCUT2D eigenvalue weighted by molar-refractivity contribution is 6.32. The van der Waals surface area contributed by atoms with E-state index in [-0.39, 0.29) is 28.8 Å². The second-order valence-corrected chi connectivity index (χ2v) is 8.15. The number of carbonyl (C=O) groups is 1. The first-order valence-corrected chi connectivity index (χ1v) is 10.9. The maximum absolute atomic E-state index is 12.9. The molecule has 0 bridgehead atoms. The van der Waals surface area contributed by atoms with Gasteiger partial charge in [-0.2, -0.15) is 26.3 Å². The molecule has 2 aromatic carbocycles. The maximum atomic E-state index is 12.9. The van der Waals surface area contributed by atoms with Crippen molar-refractivity contribution >= 4 is 17.5 Å². The van der Waals surface area contributed by atoms with E-state index in [4.69, 9.17) is 16.3 Å². The number of nitrogens with one attached hydrogen (secondary N) is 1. The molecule has 0 aliphatic carbocycles. The molecule has 2 heterocycles. The van der Waals surface area contributed by atoms with Gasteiger partial charge in [-0.1, -0.05) is 23.7 Å². The molecule has 4 rings (SSSR count). The van der Waals surface area contributed by atoms with Crippen LogP contribution in [0.15, 0.2) is 79.1 Å². The Bertz CT molecular complexity index is 1400. The summed E-state index contributed by atoms with van der Waals surface area (Å²) >= 11 is 6.00. The molecule has 0 saturated carbocycles. The van der Waals surface area contributed by atoms with Crippen LogP contribution >= 0.6 is 11.6 Å². The highest BCUT2D eigenvalue weighted by Crippen LogP contribution is 2.33. The highest BCUT2D eigenvalue weighted by Gasteiger charge is 2.32. The van der Waals surface area contributed by atoms with E-state index >= 15 is 0 Å². The number of pyridine rings is 1. The number of hydrogen-bond acceptors (Lipinski definition) is 3. The van der Waals surface area contributed by atoms with E-state index in [1.807, 2.05) is 0 Å². The van der Waals surface area contributed by atoms with Gasteiger partial charge in [0.05, 0.1) is 16.1 Å². The molecule has 12 heteroatoms. The van der Waals surface area contributed by atoms with Crippen LogP contribution in [0, 0.1) is 0 Å². The molecular weight excluding hydrogens is 524 g/mol. The Morgan fingerprint density at radius 3 is 2.05 bits per heavy atom. The van der Waals surface area contributed by atoms with E-state index < -0.39 is 29.4 Å². The topological polar surface area (TPSA) is 56.1 Å². The van der Waals surface area contributed by atoms with Crippen LogP contribution in [0.3, 0.4) is 0 Å². The molecule has 0 aliphatic rings. The van der Waals surface area contributed by atoms with Crippen molar-refractivity contribution in [1.82, 2.24) is 14.9 Å². The first-order chi connectivity index (χ1) is 17.4. The summed E-state index contributed by atoms with van der Waals surface area (Å²) in [6, 6.07) is 14.5. The summed E-state index contributed by atoms with van der Waals surface area (Å²) in [4.78, 5) is 16.5. The van der Waals surface area contributed by atoms with Crippen LogP contribution in [0.2, 0.25) is 5.02 Å². The van der Waals surface area contributed by atoms with Gasteiger partial charge in [-0.05, 0) is 60.2 Å². The summed E-state index contributed by atoms with van der Waals surface area (Å²) < 4.78 is 83.5. The number of ether oxygens (including phenoxy) is 1. The number of hydrogen-bond donors (Lipinski definition) is 1. The van der Waals surface area contributed by atoms with E-state index in [2.05, 4.69) is 10.3 Å². The summed E-state index contributed by atoms with van der Waals surface area (Å²) in [5.74, 6) is 0.0551. The largest absolute Gasteiger partial charge is 0.457 e. The summed E-state index contributed by atoms with van der Waals surface area (Å²) in [6.45, 7) is 0.110. The quantitative estimate of drug-likeness (QED) is 0.262. The molecule has 5 nitrogen and oxygen atoms in total. The van der Waals surface area contributed by atoms with Crippen LogP contribution < -0.4 is 10.1 Å². The predicted molar refractivity (Wildman–Crippen MR) is 123 cm³/mol. The Hall–Kier alpha value is -3.99. The third-order valence-electron chi connectivity index (χ3n) is 5.15. The van der Waals surface area contributed by atoms with E-state index in [1.165, 1.54) is 35.0 Å². The second kappa shape index (κ2) is 10.2. The molecule has 0 radical (unpaired) electrons. The van der Waals surface area contributed by atoms with Crippen molar-refractivity contribution in [3.63, 3.8) is 0 Å². The van der Waals surface area contributed by atoms with Crippen molar-refractivity contribution in [1.29, 1.82) is 0 Å². The minimum Gasteiger partial charge on any atom is -0.457 e. The van der Waals surface area contributed by atoms with Gasteiger partial charge in [0.2, 0.25) is 0 Å². The lowest BCUT2D eigenvalue weighted by atomic mass is 10.2. The Kier molecular flexibility index (Phi) is 7.17. The normalized spacial score (nSPS) is 11.9. The Morgan fingerprint density at radius 2 is 1.49 bits per heavy atom. The zero-order chi connectivity index (χ0) is 26.8. The number of benzene rings is 2. The Labute approximate surface area is 211 Å². The smallest absolute Gasteiger partial charge is 0.417 e. The first kappa shape index (κ1) is 26.1. The van der Waals surface area contributed by atoms with Crippen molar-refractivity contribution < 1.29 is 35.9 Å². The molecule has 1 amide bonds. The predicted octanol–water partition coefficient (Wildman–Crippen LogP) is 7.29. The fourth-order valence-electron chi connectivity index (χ4n) is 3.31. The monoisotopic (exact) mass is 539 g/mol. The minimum absolute atomic E-state index is 0.0328. The molecule has 2 aromatic heterocycles. The molecule has 192 valence electrons. The first-order valence-electron chi connectivity index (χ1n) is 10.5. The van der Waals surface area contributed by atoms with E-state index in [9.17, 15) is 31.1 Å². The van der Waals surface area contributed by atoms with Gasteiger partial charge in [-0.15, -0.1) is 0 Å². The molecule has 4 aromatic rings. The zero-order valence-electron chi connectivity index (χ0n) is 18.6. The molecular formula is C25H16ClF6N3O2. The number of alkyl halides is 6. The number of carbonyl (C=O) groups excluding carboxylic acids is 1. The molecule has 0 aliphatic heterocycles. The average molecular weight is 540 g/mol. The van der Waals surface area contributed by atoms with Crippen LogP contribution in [-0.2, 0) is 18.9 Å². The fraction of sp³-hybridized carbons (Fsp3) is 0.120. The Morgan fingerprint density at radius 1 is 0.892 bits per heavy atom. The van der Waals surface area contributed by atoms with Crippen molar-refractivity contribution in [3.05, 3.63) is 107 Å². The van der Waals surface area contributed by atoms with Crippen LogP contribution in [0.4, 0.5) is 26.3 Å². The molecule has 0 saturated heterocycles. The van der Waals surface area contributed by atoms with Crippen molar-refractivity contribution in [2.75, 3.05) is 0 Å². The zero-order valence-corrected chi connectivity index (χ0v) is 19.3. The Balaban J connectivity index is 1.39. The van der Waals surface area contributed by atoms with E-state index in [0.717, 1.165) is 18.2 Å². The number of nitrogens with zero attached hydrogens (tertiary/aromatic N) is 2. The lowest BCUT2D eigenvalue weighted by molar-refractivity contribution is -0.138. The third-order valence-corrected chi connectivity index (χ3v) is 5.43. The molecule has 0 unspecified atom stereocenters. The average Bonchev–Trinajstić information content (AvgIpc) is 3.32. The fourth-order valence-corrected chi connectivity index (χ4v) is 3.57. The van der Waals surface area contributed by atoms with Gasteiger partial charge in [-0.3, -0.25) is 9.36 Å². The molecule has 0 fully saturated rings. The van der Waals surface area contributed by atoms with Crippen molar-refractivity contribution in [3.8, 4) is 17.3 Å². The molecule has 0 atom stereocenters. The second-order valence-electron chi connectivity index (χ2n) is 7.74. The SMILES string of the molecule is O=C(NCc1ccc(Oc2ccc(C(F)(F)F)cc2)cc1)c1cccn1-c1ncc(C(F)(F)F)cc1Cl. The maximum Gasteiger partial charge on any atom is 0.417 e. The number of halogens is 7. The summed E-state index contributed by atoms with van der Waals surface area (Å²) in [6.07, 6.45) is -6.96. The number of amides is 1. The van der Waals surface area contributed by atoms with Gasteiger partial charge in [0.1, 0.15) is 17.2 Å². The van der Waals surface area contributed by atoms with Crippen LogP contribution in [-0.4, -0.2) is 15.5 Å². The van der Waals surface area contributed by atoms with Crippen molar-refractivity contribution in [2.45, 2.75) is 18.9 Å². The van der Waals surface area contributed by atoms with Gasteiger partial charge in [0, 0.05) is 18.9 Å². The van der Waals surface area contributed by atoms with Gasteiger partial charge in [0.15, 0.2) is 5.82 Å². The summed E-state index contributed by atoms with van der Waals surface area (Å²) in [5, 5.41) is 2.42. The van der Waals surface area contributed by atoms with Crippen LogP contribution in [0.1, 0.15) is 27.2 Å². The lowest BCUT2D eigenvalue weighted by Crippen LogP contribution is -2.25. The molecule has 37 heavy (non-hydrogen) atoms. The van der Waals surface area contributed by atoms with E-state index in [0.29, 0.717) is 17.5 Å². The minimum atomic E-state index is -4.61. The number of rotatable bonds is 6. The highest BCUT2D eigenvalue weighted by atomic mass is 35.5. The van der Waals surface area contributed by atoms with Gasteiger partial charge in [0.25, 0.3) is 5.91 Å². The van der Waals surface area contributed by atoms with Crippen LogP contribution in [0.5, 0.6) is 11.5 Å². The standard InChI is InChI=1S/C25H16ClF6N3O2/c26-20-12-17(25(30,31)32)14-33-22(20)35-11-1-2-21(35)23(36)34-13-15-3-7-18(8-4-15)37-19-9-5-16(6-10-19)24(27,28)29/h1-12,14H,13H2,(H,34,36). The summed E-state index contributed by atoms with van der Waals surface area (Å²) in [7, 11) is 0. The van der Waals surface area contributed by atoms with Gasteiger partial charge in [-0.25, -0.2) is 4.98 Å². The molecule has 0 spiro atoms. The van der Waals surface area contributed by atoms with Crippen LogP contribution in [0.25, 0.3) is 5.82 Å². The lowest BCUT2D eigenvalue weighted by Gasteiger charge is -2.13.